The number of benzene rings is 3. The van der Waals surface area contributed by atoms with Crippen molar-refractivity contribution in [2.45, 2.75) is 50.7 Å². The molecule has 0 aliphatic carbocycles. The molecule has 1 N–H and O–H groups in total. The van der Waals surface area contributed by atoms with Crippen molar-refractivity contribution in [3.63, 3.8) is 0 Å². The van der Waals surface area contributed by atoms with E-state index in [1.165, 1.54) is 37.3 Å². The second-order valence-corrected chi connectivity index (χ2v) is 11.8. The van der Waals surface area contributed by atoms with E-state index in [1.54, 1.807) is 61.5 Å². The molecule has 0 aliphatic heterocycles. The fraction of sp³-hybridized carbons (Fsp3) is 0.333. The van der Waals surface area contributed by atoms with Gasteiger partial charge in [-0.1, -0.05) is 48.9 Å². The third kappa shape index (κ3) is 7.92. The largest absolute Gasteiger partial charge is 0.493 e. The van der Waals surface area contributed by atoms with Crippen molar-refractivity contribution in [1.82, 2.24) is 10.2 Å². The first-order valence-electron chi connectivity index (χ1n) is 13.2. The predicted molar refractivity (Wildman–Crippen MR) is 160 cm³/mol. The number of halogens is 1. The number of para-hydroxylation sites is 1. The number of nitrogens with zero attached hydrogens (tertiary/aromatic N) is 2. The van der Waals surface area contributed by atoms with Crippen molar-refractivity contribution in [2.75, 3.05) is 25.1 Å². The van der Waals surface area contributed by atoms with Gasteiger partial charge in [-0.25, -0.2) is 8.42 Å². The summed E-state index contributed by atoms with van der Waals surface area (Å²) >= 11 is 6.19. The van der Waals surface area contributed by atoms with Crippen LogP contribution in [0.5, 0.6) is 11.5 Å². The molecule has 2 amide bonds. The van der Waals surface area contributed by atoms with Gasteiger partial charge in [0.05, 0.1) is 24.8 Å². The summed E-state index contributed by atoms with van der Waals surface area (Å²) in [5, 5.41) is 3.39. The number of nitrogens with one attached hydrogen (secondary N) is 1. The van der Waals surface area contributed by atoms with Gasteiger partial charge in [0.1, 0.15) is 12.6 Å². The van der Waals surface area contributed by atoms with Gasteiger partial charge in [-0.2, -0.15) is 0 Å². The Balaban J connectivity index is 2.04. The van der Waals surface area contributed by atoms with Crippen molar-refractivity contribution in [2.24, 2.45) is 0 Å². The lowest BCUT2D eigenvalue weighted by molar-refractivity contribution is -0.139. The number of carbonyl (C=O) groups is 2. The van der Waals surface area contributed by atoms with Gasteiger partial charge in [-0.3, -0.25) is 13.9 Å². The first-order chi connectivity index (χ1) is 19.5. The van der Waals surface area contributed by atoms with E-state index in [4.69, 9.17) is 21.1 Å². The molecule has 0 saturated heterocycles. The number of rotatable bonds is 13. The number of anilines is 1. The molecular formula is C30H36ClN3O6S. The van der Waals surface area contributed by atoms with Gasteiger partial charge < -0.3 is 19.7 Å². The molecule has 41 heavy (non-hydrogen) atoms. The van der Waals surface area contributed by atoms with Crippen molar-refractivity contribution < 1.29 is 27.5 Å². The van der Waals surface area contributed by atoms with E-state index in [0.717, 1.165) is 4.31 Å². The smallest absolute Gasteiger partial charge is 0.264 e. The summed E-state index contributed by atoms with van der Waals surface area (Å²) in [5.41, 5.74) is 0.984. The molecule has 3 aromatic rings. The molecule has 0 bridgehead atoms. The molecule has 0 heterocycles. The van der Waals surface area contributed by atoms with Crippen LogP contribution >= 0.6 is 11.6 Å². The summed E-state index contributed by atoms with van der Waals surface area (Å²) in [6.07, 6.45) is 0.714. The zero-order valence-electron chi connectivity index (χ0n) is 23.8. The fourth-order valence-corrected chi connectivity index (χ4v) is 5.75. The first kappa shape index (κ1) is 31.8. The van der Waals surface area contributed by atoms with Crippen LogP contribution in [0.25, 0.3) is 0 Å². The highest BCUT2D eigenvalue weighted by Gasteiger charge is 2.33. The standard InChI is InChI=1S/C30H36ClN3O6S/c1-6-21(2)32-30(36)22(3)33(19-23-11-10-12-24(31)17-23)29(35)20-34(25-13-8-7-9-14-25)41(37,38)26-15-16-27(39-4)28(18-26)40-5/h7-18,21-22H,6,19-20H2,1-5H3,(H,32,36)/t21-,22+/m1/s1. The van der Waals surface area contributed by atoms with E-state index in [9.17, 15) is 18.0 Å². The van der Waals surface area contributed by atoms with Crippen LogP contribution in [-0.4, -0.2) is 58.0 Å². The number of amides is 2. The minimum atomic E-state index is -4.26. The van der Waals surface area contributed by atoms with Crippen LogP contribution in [0.1, 0.15) is 32.8 Å². The number of hydrogen-bond donors (Lipinski definition) is 1. The van der Waals surface area contributed by atoms with Gasteiger partial charge in [-0.15, -0.1) is 0 Å². The van der Waals surface area contributed by atoms with Crippen molar-refractivity contribution in [3.8, 4) is 11.5 Å². The maximum atomic E-state index is 14.0. The SMILES string of the molecule is CC[C@@H](C)NC(=O)[C@H](C)N(Cc1cccc(Cl)c1)C(=O)CN(c1ccccc1)S(=O)(=O)c1ccc(OC)c(OC)c1. The van der Waals surface area contributed by atoms with Crippen molar-refractivity contribution >= 4 is 39.1 Å². The molecule has 3 rings (SSSR count). The van der Waals surface area contributed by atoms with E-state index in [-0.39, 0.29) is 34.8 Å². The molecular weight excluding hydrogens is 566 g/mol. The molecule has 0 aromatic heterocycles. The highest BCUT2D eigenvalue weighted by atomic mass is 35.5. The zero-order valence-corrected chi connectivity index (χ0v) is 25.4. The average Bonchev–Trinajstić information content (AvgIpc) is 2.97. The van der Waals surface area contributed by atoms with Gasteiger partial charge in [0.2, 0.25) is 11.8 Å². The van der Waals surface area contributed by atoms with Crippen LogP contribution in [0.2, 0.25) is 5.02 Å². The topological polar surface area (TPSA) is 105 Å². The van der Waals surface area contributed by atoms with Gasteiger partial charge in [0.25, 0.3) is 10.0 Å². The number of sulfonamides is 1. The Hall–Kier alpha value is -3.76. The predicted octanol–water partition coefficient (Wildman–Crippen LogP) is 4.88. The third-order valence-electron chi connectivity index (χ3n) is 6.68. The highest BCUT2D eigenvalue weighted by Crippen LogP contribution is 2.32. The Morgan fingerprint density at radius 2 is 1.61 bits per heavy atom. The number of ether oxygens (including phenoxy) is 2. The Morgan fingerprint density at radius 3 is 2.22 bits per heavy atom. The van der Waals surface area contributed by atoms with Crippen molar-refractivity contribution in [3.05, 3.63) is 83.4 Å². The fourth-order valence-electron chi connectivity index (χ4n) is 4.11. The first-order valence-corrected chi connectivity index (χ1v) is 15.0. The number of carbonyl (C=O) groups excluding carboxylic acids is 2. The minimum Gasteiger partial charge on any atom is -0.493 e. The molecule has 0 unspecified atom stereocenters. The lowest BCUT2D eigenvalue weighted by Gasteiger charge is -2.32. The van der Waals surface area contributed by atoms with E-state index >= 15 is 0 Å². The zero-order chi connectivity index (χ0) is 30.2. The second kappa shape index (κ2) is 14.2. The summed E-state index contributed by atoms with van der Waals surface area (Å²) in [6, 6.07) is 18.5. The third-order valence-corrected chi connectivity index (χ3v) is 8.68. The normalized spacial score (nSPS) is 12.6. The number of methoxy groups -OCH3 is 2. The Morgan fingerprint density at radius 1 is 0.927 bits per heavy atom. The number of hydrogen-bond acceptors (Lipinski definition) is 6. The molecule has 9 nitrogen and oxygen atoms in total. The Kier molecular flexibility index (Phi) is 11.0. The van der Waals surface area contributed by atoms with E-state index in [2.05, 4.69) is 5.32 Å². The molecule has 0 spiro atoms. The molecule has 11 heteroatoms. The van der Waals surface area contributed by atoms with Crippen LogP contribution in [0, 0.1) is 0 Å². The average molecular weight is 602 g/mol. The molecule has 2 atom stereocenters. The lowest BCUT2D eigenvalue weighted by atomic mass is 10.1. The molecule has 220 valence electrons. The van der Waals surface area contributed by atoms with Crippen LogP contribution in [-0.2, 0) is 26.2 Å². The molecule has 0 radical (unpaired) electrons. The van der Waals surface area contributed by atoms with Crippen molar-refractivity contribution in [1.29, 1.82) is 0 Å². The monoisotopic (exact) mass is 601 g/mol. The summed E-state index contributed by atoms with van der Waals surface area (Å²) < 4.78 is 39.6. The lowest BCUT2D eigenvalue weighted by Crippen LogP contribution is -2.52. The maximum Gasteiger partial charge on any atom is 0.264 e. The molecule has 0 fully saturated rings. The van der Waals surface area contributed by atoms with E-state index < -0.39 is 28.5 Å². The van der Waals surface area contributed by atoms with Gasteiger partial charge in [0, 0.05) is 23.7 Å². The second-order valence-electron chi connectivity index (χ2n) is 9.51. The van der Waals surface area contributed by atoms with E-state index in [0.29, 0.717) is 22.8 Å². The maximum absolute atomic E-state index is 14.0. The van der Waals surface area contributed by atoms with Crippen LogP contribution in [0.4, 0.5) is 5.69 Å². The molecule has 3 aromatic carbocycles. The Bertz CT molecular complexity index is 1450. The minimum absolute atomic E-state index is 0.0491. The molecule has 0 saturated carbocycles. The van der Waals surface area contributed by atoms with E-state index in [1.807, 2.05) is 13.8 Å². The van der Waals surface area contributed by atoms with Gasteiger partial charge in [-0.05, 0) is 62.2 Å². The van der Waals surface area contributed by atoms with Crippen LogP contribution < -0.4 is 19.1 Å². The summed E-state index contributed by atoms with van der Waals surface area (Å²) in [4.78, 5) is 28.4. The van der Waals surface area contributed by atoms with Gasteiger partial charge in [0.15, 0.2) is 11.5 Å². The summed E-state index contributed by atoms with van der Waals surface area (Å²) in [5.74, 6) is -0.318. The quantitative estimate of drug-likeness (QED) is 0.299. The summed E-state index contributed by atoms with van der Waals surface area (Å²) in [6.45, 7) is 4.94. The highest BCUT2D eigenvalue weighted by molar-refractivity contribution is 7.92. The Labute approximate surface area is 247 Å². The van der Waals surface area contributed by atoms with Crippen LogP contribution in [0.15, 0.2) is 77.7 Å². The summed E-state index contributed by atoms with van der Waals surface area (Å²) in [7, 11) is -1.40. The van der Waals surface area contributed by atoms with Gasteiger partial charge >= 0.3 is 0 Å². The molecule has 0 aliphatic rings. The van der Waals surface area contributed by atoms with Crippen LogP contribution in [0.3, 0.4) is 0 Å².